The van der Waals surface area contributed by atoms with E-state index >= 15 is 0 Å². The predicted molar refractivity (Wildman–Crippen MR) is 120 cm³/mol. The molecule has 0 fully saturated rings. The van der Waals surface area contributed by atoms with Crippen LogP contribution in [0.5, 0.6) is 5.75 Å². The highest BCUT2D eigenvalue weighted by Crippen LogP contribution is 2.19. The summed E-state index contributed by atoms with van der Waals surface area (Å²) in [6.07, 6.45) is -0.0535. The quantitative estimate of drug-likeness (QED) is 0.567. The molecule has 0 bridgehead atoms. The monoisotopic (exact) mass is 402 g/mol. The lowest BCUT2D eigenvalue weighted by atomic mass is 10.1. The van der Waals surface area contributed by atoms with Crippen LogP contribution in [0.4, 0.5) is 11.4 Å². The number of amides is 2. The Morgan fingerprint density at radius 3 is 2.03 bits per heavy atom. The van der Waals surface area contributed by atoms with Gasteiger partial charge in [0.25, 0.3) is 11.8 Å². The zero-order valence-electron chi connectivity index (χ0n) is 17.2. The highest BCUT2D eigenvalue weighted by Gasteiger charge is 2.19. The van der Waals surface area contributed by atoms with Gasteiger partial charge in [-0.2, -0.15) is 0 Å². The fourth-order valence-corrected chi connectivity index (χ4v) is 3.11. The molecule has 3 aromatic rings. The molecule has 0 heterocycles. The Labute approximate surface area is 177 Å². The smallest absolute Gasteiger partial charge is 0.265 e. The molecule has 30 heavy (non-hydrogen) atoms. The van der Waals surface area contributed by atoms with Crippen molar-refractivity contribution in [2.24, 2.45) is 0 Å². The summed E-state index contributed by atoms with van der Waals surface area (Å²) in [5.41, 5.74) is 2.03. The van der Waals surface area contributed by atoms with E-state index in [0.717, 1.165) is 5.69 Å². The number of hydrogen-bond donors (Lipinski definition) is 1. The maximum Gasteiger partial charge on any atom is 0.265 e. The number of ether oxygens (including phenoxy) is 1. The van der Waals surface area contributed by atoms with E-state index < -0.39 is 6.10 Å². The van der Waals surface area contributed by atoms with Crippen molar-refractivity contribution >= 4 is 23.2 Å². The van der Waals surface area contributed by atoms with Gasteiger partial charge in [0.15, 0.2) is 6.10 Å². The molecule has 0 saturated carbocycles. The summed E-state index contributed by atoms with van der Waals surface area (Å²) in [4.78, 5) is 27.2. The average molecular weight is 402 g/mol. The van der Waals surface area contributed by atoms with Gasteiger partial charge >= 0.3 is 0 Å². The third kappa shape index (κ3) is 5.26. The summed E-state index contributed by atoms with van der Waals surface area (Å²) in [5, 5.41) is 2.87. The van der Waals surface area contributed by atoms with Crippen LogP contribution >= 0.6 is 0 Å². The normalized spacial score (nSPS) is 11.4. The first-order chi connectivity index (χ1) is 14.6. The Balaban J connectivity index is 1.66. The highest BCUT2D eigenvalue weighted by molar-refractivity contribution is 6.06. The van der Waals surface area contributed by atoms with E-state index in [0.29, 0.717) is 30.0 Å². The molecule has 3 rings (SSSR count). The summed E-state index contributed by atoms with van der Waals surface area (Å²) >= 11 is 0. The van der Waals surface area contributed by atoms with Crippen LogP contribution in [0.15, 0.2) is 84.9 Å². The van der Waals surface area contributed by atoms with Gasteiger partial charge in [-0.1, -0.05) is 43.3 Å². The Morgan fingerprint density at radius 1 is 0.867 bits per heavy atom. The van der Waals surface area contributed by atoms with E-state index in [4.69, 9.17) is 4.74 Å². The number of nitrogens with one attached hydrogen (secondary N) is 1. The summed E-state index contributed by atoms with van der Waals surface area (Å²) in [6.45, 7) is 4.41. The molecule has 0 aliphatic heterocycles. The van der Waals surface area contributed by atoms with Crippen LogP contribution in [0, 0.1) is 0 Å². The van der Waals surface area contributed by atoms with Crippen LogP contribution in [0.1, 0.15) is 30.6 Å². The molecule has 0 aliphatic rings. The van der Waals surface area contributed by atoms with Crippen molar-refractivity contribution in [3.8, 4) is 5.75 Å². The molecular weight excluding hydrogens is 376 g/mol. The minimum absolute atomic E-state index is 0.0829. The van der Waals surface area contributed by atoms with Crippen molar-refractivity contribution in [1.82, 2.24) is 0 Å². The largest absolute Gasteiger partial charge is 0.481 e. The fourth-order valence-electron chi connectivity index (χ4n) is 3.11. The van der Waals surface area contributed by atoms with Crippen LogP contribution in [0.2, 0.25) is 0 Å². The van der Waals surface area contributed by atoms with Crippen LogP contribution < -0.4 is 15.0 Å². The predicted octanol–water partition coefficient (Wildman–Crippen LogP) is 5.15. The number of carbonyl (C=O) groups excluding carboxylic acids is 2. The number of para-hydroxylation sites is 2. The average Bonchev–Trinajstić information content (AvgIpc) is 2.79. The van der Waals surface area contributed by atoms with Crippen molar-refractivity contribution in [2.45, 2.75) is 26.4 Å². The van der Waals surface area contributed by atoms with Crippen LogP contribution in [0.25, 0.3) is 0 Å². The number of rotatable bonds is 8. The molecule has 1 unspecified atom stereocenters. The Bertz CT molecular complexity index is 957. The first-order valence-corrected chi connectivity index (χ1v) is 10.1. The van der Waals surface area contributed by atoms with E-state index in [1.54, 1.807) is 29.2 Å². The lowest BCUT2D eigenvalue weighted by Gasteiger charge is -2.21. The molecule has 0 radical (unpaired) electrons. The number of carbonyl (C=O) groups is 2. The number of anilines is 2. The van der Waals surface area contributed by atoms with Gasteiger partial charge in [-0.3, -0.25) is 9.59 Å². The van der Waals surface area contributed by atoms with Crippen LogP contribution in [-0.4, -0.2) is 24.5 Å². The lowest BCUT2D eigenvalue weighted by Crippen LogP contribution is -2.32. The Hall–Kier alpha value is -3.60. The standard InChI is InChI=1S/C25H26N2O3/c1-3-23(30-22-13-9-6-10-14-22)24(28)26-20-17-15-19(16-18-20)25(29)27(4-2)21-11-7-5-8-12-21/h5-18,23H,3-4H2,1-2H3,(H,26,28). The number of nitrogens with zero attached hydrogens (tertiary/aromatic N) is 1. The minimum Gasteiger partial charge on any atom is -0.481 e. The number of benzene rings is 3. The molecule has 0 saturated heterocycles. The Morgan fingerprint density at radius 2 is 1.47 bits per heavy atom. The van der Waals surface area contributed by atoms with E-state index in [9.17, 15) is 9.59 Å². The minimum atomic E-state index is -0.595. The highest BCUT2D eigenvalue weighted by atomic mass is 16.5. The first-order valence-electron chi connectivity index (χ1n) is 10.1. The summed E-state index contributed by atoms with van der Waals surface area (Å²) in [5.74, 6) is 0.348. The van der Waals surface area contributed by atoms with Gasteiger partial charge in [-0.25, -0.2) is 0 Å². The second-order valence-corrected chi connectivity index (χ2v) is 6.78. The van der Waals surface area contributed by atoms with Gasteiger partial charge < -0.3 is 15.0 Å². The maximum absolute atomic E-state index is 12.9. The van der Waals surface area contributed by atoms with Crippen molar-refractivity contribution in [1.29, 1.82) is 0 Å². The van der Waals surface area contributed by atoms with Crippen LogP contribution in [0.3, 0.4) is 0 Å². The van der Waals surface area contributed by atoms with Crippen molar-refractivity contribution < 1.29 is 14.3 Å². The number of hydrogen-bond acceptors (Lipinski definition) is 3. The topological polar surface area (TPSA) is 58.6 Å². The van der Waals surface area contributed by atoms with Crippen molar-refractivity contribution in [3.63, 3.8) is 0 Å². The molecule has 1 atom stereocenters. The van der Waals surface area contributed by atoms with E-state index in [2.05, 4.69) is 5.32 Å². The molecule has 5 nitrogen and oxygen atoms in total. The molecule has 1 N–H and O–H groups in total. The lowest BCUT2D eigenvalue weighted by molar-refractivity contribution is -0.122. The molecule has 5 heteroatoms. The second-order valence-electron chi connectivity index (χ2n) is 6.78. The molecular formula is C25H26N2O3. The molecule has 0 aromatic heterocycles. The van der Waals surface area contributed by atoms with Gasteiger partial charge in [0.2, 0.25) is 0 Å². The summed E-state index contributed by atoms with van der Waals surface area (Å²) < 4.78 is 5.78. The molecule has 0 spiro atoms. The van der Waals surface area contributed by atoms with Crippen LogP contribution in [-0.2, 0) is 4.79 Å². The van der Waals surface area contributed by atoms with Gasteiger partial charge in [0.1, 0.15) is 5.75 Å². The van der Waals surface area contributed by atoms with Crippen molar-refractivity contribution in [2.75, 3.05) is 16.8 Å². The Kier molecular flexibility index (Phi) is 7.22. The zero-order valence-corrected chi connectivity index (χ0v) is 17.2. The summed E-state index contributed by atoms with van der Waals surface area (Å²) in [6, 6.07) is 25.8. The van der Waals surface area contributed by atoms with E-state index in [-0.39, 0.29) is 11.8 Å². The SMILES string of the molecule is CCC(Oc1ccccc1)C(=O)Nc1ccc(C(=O)N(CC)c2ccccc2)cc1. The van der Waals surface area contributed by atoms with Gasteiger partial charge in [-0.05, 0) is 61.9 Å². The third-order valence-corrected chi connectivity index (χ3v) is 4.71. The first kappa shape index (κ1) is 21.1. The second kappa shape index (κ2) is 10.3. The van der Waals surface area contributed by atoms with Crippen molar-refractivity contribution in [3.05, 3.63) is 90.5 Å². The molecule has 2 amide bonds. The van der Waals surface area contributed by atoms with E-state index in [1.807, 2.05) is 74.5 Å². The molecule has 3 aromatic carbocycles. The maximum atomic E-state index is 12.9. The zero-order chi connectivity index (χ0) is 21.3. The van der Waals surface area contributed by atoms with Gasteiger partial charge in [0.05, 0.1) is 0 Å². The molecule has 0 aliphatic carbocycles. The molecule has 154 valence electrons. The third-order valence-electron chi connectivity index (χ3n) is 4.71. The van der Waals surface area contributed by atoms with E-state index in [1.165, 1.54) is 0 Å². The summed E-state index contributed by atoms with van der Waals surface area (Å²) in [7, 11) is 0. The van der Waals surface area contributed by atoms with Gasteiger partial charge in [0, 0.05) is 23.5 Å². The van der Waals surface area contributed by atoms with Gasteiger partial charge in [-0.15, -0.1) is 0 Å². The fraction of sp³-hybridized carbons (Fsp3) is 0.200.